The highest BCUT2D eigenvalue weighted by Gasteiger charge is 2.30. The molecule has 1 amide bonds. The van der Waals surface area contributed by atoms with Gasteiger partial charge in [-0.2, -0.15) is 0 Å². The van der Waals surface area contributed by atoms with Gasteiger partial charge < -0.3 is 14.8 Å². The molecule has 0 aliphatic rings. The van der Waals surface area contributed by atoms with Gasteiger partial charge in [-0.25, -0.2) is 0 Å². The summed E-state index contributed by atoms with van der Waals surface area (Å²) in [6, 6.07) is 13.7. The van der Waals surface area contributed by atoms with Gasteiger partial charge in [0, 0.05) is 6.54 Å². The Balaban J connectivity index is 2.13. The van der Waals surface area contributed by atoms with E-state index >= 15 is 0 Å². The third-order valence-corrected chi connectivity index (χ3v) is 4.25. The molecule has 2 aromatic rings. The fourth-order valence-corrected chi connectivity index (χ4v) is 2.47. The average molecular weight is 327 g/mol. The van der Waals surface area contributed by atoms with E-state index in [1.54, 1.807) is 14.2 Å². The molecule has 0 spiro atoms. The van der Waals surface area contributed by atoms with E-state index in [9.17, 15) is 4.79 Å². The Morgan fingerprint density at radius 1 is 1.00 bits per heavy atom. The Morgan fingerprint density at radius 3 is 2.21 bits per heavy atom. The van der Waals surface area contributed by atoms with Gasteiger partial charge >= 0.3 is 0 Å². The molecular weight excluding hydrogens is 302 g/mol. The maximum Gasteiger partial charge on any atom is 0.230 e. The predicted octanol–water partition coefficient (Wildman–Crippen LogP) is 3.61. The fourth-order valence-electron chi connectivity index (χ4n) is 2.47. The predicted molar refractivity (Wildman–Crippen MR) is 95.6 cm³/mol. The third kappa shape index (κ3) is 3.88. The summed E-state index contributed by atoms with van der Waals surface area (Å²) < 4.78 is 10.6. The first-order valence-corrected chi connectivity index (χ1v) is 7.95. The van der Waals surface area contributed by atoms with Gasteiger partial charge in [0.25, 0.3) is 0 Å². The number of nitrogens with one attached hydrogen (secondary N) is 1. The Morgan fingerprint density at radius 2 is 1.62 bits per heavy atom. The van der Waals surface area contributed by atoms with Gasteiger partial charge in [0.2, 0.25) is 5.91 Å². The number of methoxy groups -OCH3 is 2. The Labute approximate surface area is 143 Å². The molecule has 1 N–H and O–H groups in total. The molecule has 0 saturated heterocycles. The molecule has 2 aromatic carbocycles. The molecule has 4 nitrogen and oxygen atoms in total. The van der Waals surface area contributed by atoms with Crippen molar-refractivity contribution in [2.24, 2.45) is 0 Å². The van der Waals surface area contributed by atoms with E-state index in [0.717, 1.165) is 11.1 Å². The van der Waals surface area contributed by atoms with Crippen molar-refractivity contribution in [1.82, 2.24) is 5.32 Å². The minimum atomic E-state index is -0.676. The van der Waals surface area contributed by atoms with Gasteiger partial charge in [0.15, 0.2) is 11.5 Å². The van der Waals surface area contributed by atoms with Crippen LogP contribution in [0.2, 0.25) is 0 Å². The van der Waals surface area contributed by atoms with Crippen LogP contribution in [0, 0.1) is 6.92 Å². The number of hydrogen-bond donors (Lipinski definition) is 1. The molecule has 0 aliphatic heterocycles. The maximum absolute atomic E-state index is 12.7. The molecule has 4 heteroatoms. The van der Waals surface area contributed by atoms with Crippen LogP contribution in [0.1, 0.15) is 30.5 Å². The van der Waals surface area contributed by atoms with Crippen LogP contribution in [0.5, 0.6) is 11.5 Å². The van der Waals surface area contributed by atoms with Crippen molar-refractivity contribution in [2.75, 3.05) is 14.2 Å². The summed E-state index contributed by atoms with van der Waals surface area (Å²) in [4.78, 5) is 12.7. The van der Waals surface area contributed by atoms with E-state index in [4.69, 9.17) is 9.47 Å². The SMILES string of the molecule is COc1ccc(C(C)(C)C(=O)NCc2ccc(C)cc2)cc1OC. The van der Waals surface area contributed by atoms with Crippen LogP contribution < -0.4 is 14.8 Å². The Kier molecular flexibility index (Phi) is 5.50. The maximum atomic E-state index is 12.7. The first-order valence-electron chi connectivity index (χ1n) is 7.95. The second-order valence-corrected chi connectivity index (χ2v) is 6.36. The van der Waals surface area contributed by atoms with E-state index < -0.39 is 5.41 Å². The molecule has 0 radical (unpaired) electrons. The summed E-state index contributed by atoms with van der Waals surface area (Å²) in [5, 5.41) is 3.01. The van der Waals surface area contributed by atoms with E-state index in [2.05, 4.69) is 5.32 Å². The molecule has 0 saturated carbocycles. The normalized spacial score (nSPS) is 11.0. The highest BCUT2D eigenvalue weighted by atomic mass is 16.5. The topological polar surface area (TPSA) is 47.6 Å². The van der Waals surface area contributed by atoms with Gasteiger partial charge in [-0.05, 0) is 44.0 Å². The molecule has 0 atom stereocenters. The minimum Gasteiger partial charge on any atom is -0.493 e. The number of rotatable bonds is 6. The lowest BCUT2D eigenvalue weighted by atomic mass is 9.83. The summed E-state index contributed by atoms with van der Waals surface area (Å²) in [5.74, 6) is 1.24. The van der Waals surface area contributed by atoms with Crippen molar-refractivity contribution in [1.29, 1.82) is 0 Å². The van der Waals surface area contributed by atoms with E-state index in [1.807, 2.05) is 63.2 Å². The highest BCUT2D eigenvalue weighted by Crippen LogP contribution is 2.33. The Hall–Kier alpha value is -2.49. The van der Waals surface area contributed by atoms with Gasteiger partial charge in [0.05, 0.1) is 19.6 Å². The van der Waals surface area contributed by atoms with Crippen molar-refractivity contribution in [3.63, 3.8) is 0 Å². The first-order chi connectivity index (χ1) is 11.4. The van der Waals surface area contributed by atoms with Gasteiger partial charge in [-0.1, -0.05) is 35.9 Å². The lowest BCUT2D eigenvalue weighted by Crippen LogP contribution is -2.39. The minimum absolute atomic E-state index is 0.0321. The largest absolute Gasteiger partial charge is 0.493 e. The van der Waals surface area contributed by atoms with Gasteiger partial charge in [-0.15, -0.1) is 0 Å². The van der Waals surface area contributed by atoms with E-state index in [0.29, 0.717) is 18.0 Å². The van der Waals surface area contributed by atoms with Crippen LogP contribution in [-0.4, -0.2) is 20.1 Å². The Bertz CT molecular complexity index is 705. The molecule has 0 unspecified atom stereocenters. The summed E-state index contributed by atoms with van der Waals surface area (Å²) in [7, 11) is 3.18. The molecule has 2 rings (SSSR count). The molecule has 0 fully saturated rings. The highest BCUT2D eigenvalue weighted by molar-refractivity contribution is 5.87. The number of amides is 1. The van der Waals surface area contributed by atoms with E-state index in [-0.39, 0.29) is 5.91 Å². The number of benzene rings is 2. The molecule has 128 valence electrons. The summed E-state index contributed by atoms with van der Waals surface area (Å²) in [6.45, 7) is 6.36. The number of hydrogen-bond acceptors (Lipinski definition) is 3. The number of ether oxygens (including phenoxy) is 2. The number of carbonyl (C=O) groups excluding carboxylic acids is 1. The zero-order chi connectivity index (χ0) is 17.7. The molecule has 24 heavy (non-hydrogen) atoms. The van der Waals surface area contributed by atoms with Gasteiger partial charge in [-0.3, -0.25) is 4.79 Å². The van der Waals surface area contributed by atoms with Crippen LogP contribution in [0.3, 0.4) is 0 Å². The van der Waals surface area contributed by atoms with Crippen LogP contribution in [-0.2, 0) is 16.8 Å². The summed E-state index contributed by atoms with van der Waals surface area (Å²) in [5.41, 5.74) is 2.49. The average Bonchev–Trinajstić information content (AvgIpc) is 2.60. The zero-order valence-electron chi connectivity index (χ0n) is 15.0. The summed E-state index contributed by atoms with van der Waals surface area (Å²) >= 11 is 0. The van der Waals surface area contributed by atoms with Crippen molar-refractivity contribution >= 4 is 5.91 Å². The number of carbonyl (C=O) groups is 1. The molecule has 0 aromatic heterocycles. The summed E-state index contributed by atoms with van der Waals surface area (Å²) in [6.07, 6.45) is 0. The van der Waals surface area contributed by atoms with Crippen LogP contribution in [0.4, 0.5) is 0 Å². The number of aryl methyl sites for hydroxylation is 1. The lowest BCUT2D eigenvalue weighted by Gasteiger charge is -2.25. The fraction of sp³-hybridized carbons (Fsp3) is 0.350. The molecule has 0 bridgehead atoms. The first kappa shape index (κ1) is 17.9. The van der Waals surface area contributed by atoms with Crippen LogP contribution >= 0.6 is 0 Å². The third-order valence-electron chi connectivity index (χ3n) is 4.25. The lowest BCUT2D eigenvalue weighted by molar-refractivity contribution is -0.125. The molecule has 0 aliphatic carbocycles. The molecular formula is C20H25NO3. The smallest absolute Gasteiger partial charge is 0.230 e. The van der Waals surface area contributed by atoms with Crippen LogP contribution in [0.15, 0.2) is 42.5 Å². The zero-order valence-corrected chi connectivity index (χ0v) is 15.0. The van der Waals surface area contributed by atoms with Crippen molar-refractivity contribution < 1.29 is 14.3 Å². The second kappa shape index (κ2) is 7.39. The van der Waals surface area contributed by atoms with E-state index in [1.165, 1.54) is 5.56 Å². The van der Waals surface area contributed by atoms with Crippen LogP contribution in [0.25, 0.3) is 0 Å². The monoisotopic (exact) mass is 327 g/mol. The standard InChI is InChI=1S/C20H25NO3/c1-14-6-8-15(9-7-14)13-21-19(22)20(2,3)16-10-11-17(23-4)18(12-16)24-5/h6-12H,13H2,1-5H3,(H,21,22). The van der Waals surface area contributed by atoms with Crippen molar-refractivity contribution in [2.45, 2.75) is 32.7 Å². The van der Waals surface area contributed by atoms with Gasteiger partial charge in [0.1, 0.15) is 0 Å². The van der Waals surface area contributed by atoms with Crippen molar-refractivity contribution in [3.05, 3.63) is 59.2 Å². The molecule has 0 heterocycles. The quantitative estimate of drug-likeness (QED) is 0.882. The second-order valence-electron chi connectivity index (χ2n) is 6.36. The van der Waals surface area contributed by atoms with Crippen molar-refractivity contribution in [3.8, 4) is 11.5 Å².